The van der Waals surface area contributed by atoms with E-state index in [1.165, 1.54) is 38.5 Å². The van der Waals surface area contributed by atoms with E-state index >= 15 is 0 Å². The van der Waals surface area contributed by atoms with Crippen LogP contribution in [0.3, 0.4) is 0 Å². The van der Waals surface area contributed by atoms with E-state index in [2.05, 4.69) is 13.8 Å². The summed E-state index contributed by atoms with van der Waals surface area (Å²) in [6.07, 6.45) is 9.39. The van der Waals surface area contributed by atoms with Crippen molar-refractivity contribution < 1.29 is 8.42 Å². The Hall–Kier alpha value is 0.300. The van der Waals surface area contributed by atoms with Crippen molar-refractivity contribution in [1.29, 1.82) is 0 Å². The van der Waals surface area contributed by atoms with Gasteiger partial charge in [0.15, 0.2) is 0 Å². The standard InChI is InChI=1S/C14H30O2S2/c1-3-5-7-9-11-17(15)13-14-18(16)12-10-8-6-4-2/h3-14H2,1-2H3. The van der Waals surface area contributed by atoms with Crippen LogP contribution in [0.25, 0.3) is 0 Å². The van der Waals surface area contributed by atoms with Gasteiger partial charge in [0.25, 0.3) is 0 Å². The zero-order valence-corrected chi connectivity index (χ0v) is 13.8. The molecular weight excluding hydrogens is 264 g/mol. The summed E-state index contributed by atoms with van der Waals surface area (Å²) in [4.78, 5) is 0. The molecule has 18 heavy (non-hydrogen) atoms. The lowest BCUT2D eigenvalue weighted by Crippen LogP contribution is -2.12. The summed E-state index contributed by atoms with van der Waals surface area (Å²) >= 11 is 0. The third kappa shape index (κ3) is 12.7. The minimum Gasteiger partial charge on any atom is -0.260 e. The summed E-state index contributed by atoms with van der Waals surface area (Å²) in [5.41, 5.74) is 0. The average Bonchev–Trinajstić information content (AvgIpc) is 2.37. The van der Waals surface area contributed by atoms with Crippen molar-refractivity contribution in [1.82, 2.24) is 0 Å². The Morgan fingerprint density at radius 1 is 0.556 bits per heavy atom. The molecule has 4 heteroatoms. The SMILES string of the molecule is CCCCCCS(=O)CCS(=O)CCCCCC. The van der Waals surface area contributed by atoms with E-state index in [4.69, 9.17) is 0 Å². The maximum atomic E-state index is 11.7. The maximum Gasteiger partial charge on any atom is 0.0350 e. The Balaban J connectivity index is 3.39. The molecule has 0 rings (SSSR count). The highest BCUT2D eigenvalue weighted by Crippen LogP contribution is 2.02. The van der Waals surface area contributed by atoms with Crippen LogP contribution >= 0.6 is 0 Å². The Morgan fingerprint density at radius 3 is 1.28 bits per heavy atom. The topological polar surface area (TPSA) is 34.1 Å². The molecule has 0 aromatic rings. The first-order valence-electron chi connectivity index (χ1n) is 7.40. The van der Waals surface area contributed by atoms with Crippen molar-refractivity contribution in [2.24, 2.45) is 0 Å². The summed E-state index contributed by atoms with van der Waals surface area (Å²) in [5, 5.41) is 0. The number of hydrogen-bond donors (Lipinski definition) is 0. The highest BCUT2D eigenvalue weighted by atomic mass is 32.2. The molecule has 0 saturated heterocycles. The molecule has 0 aromatic heterocycles. The predicted molar refractivity (Wildman–Crippen MR) is 84.0 cm³/mol. The fourth-order valence-electron chi connectivity index (χ4n) is 1.77. The second-order valence-corrected chi connectivity index (χ2v) is 8.21. The van der Waals surface area contributed by atoms with E-state index in [9.17, 15) is 8.42 Å². The molecule has 0 radical (unpaired) electrons. The van der Waals surface area contributed by atoms with Gasteiger partial charge < -0.3 is 0 Å². The maximum absolute atomic E-state index is 11.7. The molecule has 0 amide bonds. The Kier molecular flexibility index (Phi) is 14.0. The fraction of sp³-hybridized carbons (Fsp3) is 1.00. The van der Waals surface area contributed by atoms with Gasteiger partial charge in [0.05, 0.1) is 0 Å². The largest absolute Gasteiger partial charge is 0.260 e. The molecule has 0 saturated carbocycles. The smallest absolute Gasteiger partial charge is 0.0350 e. The third-order valence-corrected chi connectivity index (χ3v) is 6.06. The van der Waals surface area contributed by atoms with Crippen LogP contribution in [0.15, 0.2) is 0 Å². The van der Waals surface area contributed by atoms with Crippen molar-refractivity contribution in [3.63, 3.8) is 0 Å². The van der Waals surface area contributed by atoms with Crippen molar-refractivity contribution in [2.75, 3.05) is 23.0 Å². The molecule has 0 N–H and O–H groups in total. The van der Waals surface area contributed by atoms with Crippen LogP contribution in [-0.4, -0.2) is 31.4 Å². The average molecular weight is 295 g/mol. The first kappa shape index (κ1) is 18.3. The van der Waals surface area contributed by atoms with Gasteiger partial charge in [-0.1, -0.05) is 52.4 Å². The van der Waals surface area contributed by atoms with Crippen LogP contribution in [0.4, 0.5) is 0 Å². The minimum atomic E-state index is -0.746. The lowest BCUT2D eigenvalue weighted by Gasteiger charge is -2.03. The zero-order valence-electron chi connectivity index (χ0n) is 12.1. The number of hydrogen-bond acceptors (Lipinski definition) is 2. The van der Waals surface area contributed by atoms with Crippen molar-refractivity contribution in [3.8, 4) is 0 Å². The summed E-state index contributed by atoms with van der Waals surface area (Å²) in [5.74, 6) is 2.86. The molecule has 0 aliphatic heterocycles. The minimum absolute atomic E-state index is 0.631. The molecule has 0 spiro atoms. The van der Waals surface area contributed by atoms with Crippen LogP contribution in [0, 0.1) is 0 Å². The first-order chi connectivity index (χ1) is 8.70. The van der Waals surface area contributed by atoms with Gasteiger partial charge in [-0.05, 0) is 12.8 Å². The van der Waals surface area contributed by atoms with Gasteiger partial charge in [0.2, 0.25) is 0 Å². The Morgan fingerprint density at radius 2 is 0.944 bits per heavy atom. The molecule has 0 fully saturated rings. The van der Waals surface area contributed by atoms with E-state index in [0.29, 0.717) is 11.5 Å². The van der Waals surface area contributed by atoms with Crippen LogP contribution < -0.4 is 0 Å². The molecule has 2 nitrogen and oxygen atoms in total. The second-order valence-electron chi connectivity index (χ2n) is 4.82. The van der Waals surface area contributed by atoms with E-state index in [1.54, 1.807) is 0 Å². The van der Waals surface area contributed by atoms with Crippen LogP contribution in [0.2, 0.25) is 0 Å². The third-order valence-electron chi connectivity index (χ3n) is 2.99. The van der Waals surface area contributed by atoms with Gasteiger partial charge in [0, 0.05) is 44.6 Å². The van der Waals surface area contributed by atoms with Crippen molar-refractivity contribution in [3.05, 3.63) is 0 Å². The van der Waals surface area contributed by atoms with E-state index in [0.717, 1.165) is 24.3 Å². The summed E-state index contributed by atoms with van der Waals surface area (Å²) in [7, 11) is -1.49. The fourth-order valence-corrected chi connectivity index (χ4v) is 4.72. The highest BCUT2D eigenvalue weighted by Gasteiger charge is 2.04. The number of unbranched alkanes of at least 4 members (excludes halogenated alkanes) is 6. The number of rotatable bonds is 13. The second kappa shape index (κ2) is 13.7. The normalized spacial score (nSPS) is 14.6. The first-order valence-corrected chi connectivity index (χ1v) is 10.4. The molecule has 110 valence electrons. The summed E-state index contributed by atoms with van der Waals surface area (Å²) in [6, 6.07) is 0. The molecular formula is C14H30O2S2. The monoisotopic (exact) mass is 294 g/mol. The van der Waals surface area contributed by atoms with Crippen LogP contribution in [0.1, 0.15) is 65.2 Å². The van der Waals surface area contributed by atoms with E-state index in [1.807, 2.05) is 0 Å². The van der Waals surface area contributed by atoms with Gasteiger partial charge >= 0.3 is 0 Å². The summed E-state index contributed by atoms with van der Waals surface area (Å²) in [6.45, 7) is 4.36. The van der Waals surface area contributed by atoms with Crippen molar-refractivity contribution >= 4 is 21.6 Å². The molecule has 0 bridgehead atoms. The molecule has 0 aromatic carbocycles. The molecule has 2 unspecified atom stereocenters. The van der Waals surface area contributed by atoms with Gasteiger partial charge in [-0.3, -0.25) is 8.42 Å². The van der Waals surface area contributed by atoms with Crippen LogP contribution in [0.5, 0.6) is 0 Å². The van der Waals surface area contributed by atoms with E-state index in [-0.39, 0.29) is 0 Å². The van der Waals surface area contributed by atoms with Gasteiger partial charge in [-0.25, -0.2) is 0 Å². The molecule has 0 aliphatic rings. The molecule has 2 atom stereocenters. The lowest BCUT2D eigenvalue weighted by atomic mass is 10.2. The van der Waals surface area contributed by atoms with E-state index < -0.39 is 21.6 Å². The van der Waals surface area contributed by atoms with Gasteiger partial charge in [-0.15, -0.1) is 0 Å². The van der Waals surface area contributed by atoms with Crippen LogP contribution in [-0.2, 0) is 21.6 Å². The molecule has 0 heterocycles. The van der Waals surface area contributed by atoms with Gasteiger partial charge in [-0.2, -0.15) is 0 Å². The van der Waals surface area contributed by atoms with Crippen molar-refractivity contribution in [2.45, 2.75) is 65.2 Å². The predicted octanol–water partition coefficient (Wildman–Crippen LogP) is 3.64. The molecule has 0 aliphatic carbocycles. The van der Waals surface area contributed by atoms with Gasteiger partial charge in [0.1, 0.15) is 0 Å². The zero-order chi connectivity index (χ0) is 13.6. The lowest BCUT2D eigenvalue weighted by molar-refractivity contribution is 0.664. The Bertz CT molecular complexity index is 206. The Labute approximate surface area is 118 Å². The highest BCUT2D eigenvalue weighted by molar-refractivity contribution is 7.88. The quantitative estimate of drug-likeness (QED) is 0.486. The summed E-state index contributed by atoms with van der Waals surface area (Å²) < 4.78 is 23.3.